The van der Waals surface area contributed by atoms with E-state index >= 15 is 0 Å². The second kappa shape index (κ2) is 18.4. The summed E-state index contributed by atoms with van der Waals surface area (Å²) in [4.78, 5) is 4.78. The second-order valence-electron chi connectivity index (χ2n) is 11.7. The molecular formula is C35H55NO. The molecule has 37 heavy (non-hydrogen) atoms. The molecule has 206 valence electrons. The van der Waals surface area contributed by atoms with Crippen molar-refractivity contribution in [2.75, 3.05) is 6.61 Å². The van der Waals surface area contributed by atoms with Crippen molar-refractivity contribution in [3.8, 4) is 17.0 Å². The minimum Gasteiger partial charge on any atom is -0.494 e. The third-order valence-electron chi connectivity index (χ3n) is 8.51. The molecule has 0 bridgehead atoms. The highest BCUT2D eigenvalue weighted by Crippen LogP contribution is 2.34. The van der Waals surface area contributed by atoms with Crippen LogP contribution in [0.1, 0.15) is 135 Å². The highest BCUT2D eigenvalue weighted by molar-refractivity contribution is 5.60. The number of ether oxygens (including phenoxy) is 1. The van der Waals surface area contributed by atoms with Crippen LogP contribution in [0, 0.1) is 11.8 Å². The van der Waals surface area contributed by atoms with Gasteiger partial charge in [0.2, 0.25) is 0 Å². The Morgan fingerprint density at radius 3 is 1.86 bits per heavy atom. The highest BCUT2D eigenvalue weighted by Gasteiger charge is 2.20. The largest absolute Gasteiger partial charge is 0.494 e. The summed E-state index contributed by atoms with van der Waals surface area (Å²) < 4.78 is 5.94. The summed E-state index contributed by atoms with van der Waals surface area (Å²) in [5.74, 6) is 2.90. The fourth-order valence-corrected chi connectivity index (χ4v) is 5.93. The summed E-state index contributed by atoms with van der Waals surface area (Å²) in [5.41, 5.74) is 3.61. The van der Waals surface area contributed by atoms with Gasteiger partial charge in [-0.25, -0.2) is 0 Å². The lowest BCUT2D eigenvalue weighted by Crippen LogP contribution is -2.15. The molecule has 1 heterocycles. The zero-order chi connectivity index (χ0) is 26.0. The number of rotatable bonds is 19. The van der Waals surface area contributed by atoms with Gasteiger partial charge in [-0.2, -0.15) is 0 Å². The molecule has 1 aliphatic rings. The van der Waals surface area contributed by atoms with E-state index in [4.69, 9.17) is 9.72 Å². The number of hydrogen-bond donors (Lipinski definition) is 0. The SMILES string of the molecule is CCCCCCCCOc1ccc(-c2ccc(CCC3CCC(CCCCCCCC)CC3)cn2)cc1. The van der Waals surface area contributed by atoms with Crippen LogP contribution in [0.2, 0.25) is 0 Å². The Morgan fingerprint density at radius 1 is 0.649 bits per heavy atom. The number of unbranched alkanes of at least 4 members (excludes halogenated alkanes) is 10. The fourth-order valence-electron chi connectivity index (χ4n) is 5.93. The van der Waals surface area contributed by atoms with Crippen LogP contribution in [0.15, 0.2) is 42.6 Å². The summed E-state index contributed by atoms with van der Waals surface area (Å²) in [7, 11) is 0. The first-order valence-corrected chi connectivity index (χ1v) is 16.0. The smallest absolute Gasteiger partial charge is 0.119 e. The molecule has 3 rings (SSSR count). The summed E-state index contributed by atoms with van der Waals surface area (Å²) >= 11 is 0. The van der Waals surface area contributed by atoms with Crippen molar-refractivity contribution < 1.29 is 4.74 Å². The Morgan fingerprint density at radius 2 is 1.24 bits per heavy atom. The molecule has 0 spiro atoms. The first-order chi connectivity index (χ1) is 18.3. The Bertz CT molecular complexity index is 804. The molecule has 2 aromatic rings. The highest BCUT2D eigenvalue weighted by atomic mass is 16.5. The van der Waals surface area contributed by atoms with Crippen molar-refractivity contribution in [3.63, 3.8) is 0 Å². The van der Waals surface area contributed by atoms with Gasteiger partial charge in [-0.3, -0.25) is 4.98 Å². The van der Waals surface area contributed by atoms with Crippen LogP contribution in [0.3, 0.4) is 0 Å². The number of nitrogens with zero attached hydrogens (tertiary/aromatic N) is 1. The molecule has 0 aliphatic heterocycles. The summed E-state index contributed by atoms with van der Waals surface area (Å²) in [6.07, 6.45) is 28.3. The molecule has 1 aromatic carbocycles. The standard InChI is InChI=1S/C35H55NO/c1-3-5-7-9-11-13-15-30-16-18-31(19-17-30)20-21-32-22-27-35(36-29-32)33-23-25-34(26-24-33)37-28-14-12-10-8-6-4-2/h22-27,29-31H,3-21,28H2,1-2H3. The van der Waals surface area contributed by atoms with Gasteiger partial charge in [-0.05, 0) is 67.0 Å². The van der Waals surface area contributed by atoms with Gasteiger partial charge in [0.25, 0.3) is 0 Å². The van der Waals surface area contributed by atoms with E-state index in [1.54, 1.807) is 0 Å². The van der Waals surface area contributed by atoms with Gasteiger partial charge in [0.05, 0.1) is 12.3 Å². The van der Waals surface area contributed by atoms with E-state index in [1.165, 1.54) is 127 Å². The van der Waals surface area contributed by atoms with E-state index < -0.39 is 0 Å². The Balaban J connectivity index is 1.29. The Labute approximate surface area is 229 Å². The third kappa shape index (κ3) is 12.1. The molecule has 0 atom stereocenters. The predicted molar refractivity (Wildman–Crippen MR) is 160 cm³/mol. The normalized spacial score (nSPS) is 17.7. The van der Waals surface area contributed by atoms with Gasteiger partial charge in [-0.15, -0.1) is 0 Å². The van der Waals surface area contributed by atoms with Crippen LogP contribution in [-0.4, -0.2) is 11.6 Å². The number of aromatic nitrogens is 1. The first-order valence-electron chi connectivity index (χ1n) is 16.0. The van der Waals surface area contributed by atoms with Gasteiger partial charge >= 0.3 is 0 Å². The minimum atomic E-state index is 0.819. The maximum atomic E-state index is 5.94. The number of aryl methyl sites for hydroxylation is 1. The van der Waals surface area contributed by atoms with Gasteiger partial charge < -0.3 is 4.74 Å². The van der Waals surface area contributed by atoms with Crippen molar-refractivity contribution in [3.05, 3.63) is 48.2 Å². The molecule has 0 saturated heterocycles. The lowest BCUT2D eigenvalue weighted by molar-refractivity contribution is 0.248. The zero-order valence-electron chi connectivity index (χ0n) is 24.2. The summed E-state index contributed by atoms with van der Waals surface area (Å²) in [5, 5.41) is 0. The van der Waals surface area contributed by atoms with Gasteiger partial charge in [0.15, 0.2) is 0 Å². The van der Waals surface area contributed by atoms with Crippen LogP contribution in [0.25, 0.3) is 11.3 Å². The van der Waals surface area contributed by atoms with Gasteiger partial charge in [0, 0.05) is 11.8 Å². The maximum Gasteiger partial charge on any atom is 0.119 e. The topological polar surface area (TPSA) is 22.1 Å². The predicted octanol–water partition coefficient (Wildman–Crippen LogP) is 11.0. The fraction of sp³-hybridized carbons (Fsp3) is 0.686. The molecule has 1 fully saturated rings. The second-order valence-corrected chi connectivity index (χ2v) is 11.7. The molecule has 0 N–H and O–H groups in total. The van der Waals surface area contributed by atoms with Crippen LogP contribution in [-0.2, 0) is 6.42 Å². The van der Waals surface area contributed by atoms with Crippen LogP contribution in [0.5, 0.6) is 5.75 Å². The number of benzene rings is 1. The van der Waals surface area contributed by atoms with Crippen molar-refractivity contribution in [2.45, 2.75) is 136 Å². The lowest BCUT2D eigenvalue weighted by atomic mass is 9.78. The van der Waals surface area contributed by atoms with Crippen LogP contribution < -0.4 is 4.74 Å². The van der Waals surface area contributed by atoms with E-state index in [0.717, 1.165) is 36.3 Å². The minimum absolute atomic E-state index is 0.819. The monoisotopic (exact) mass is 505 g/mol. The Kier molecular flexibility index (Phi) is 14.8. The van der Waals surface area contributed by atoms with E-state index in [1.807, 2.05) is 0 Å². The molecule has 0 amide bonds. The summed E-state index contributed by atoms with van der Waals surface area (Å²) in [6, 6.07) is 12.9. The Hall–Kier alpha value is -1.83. The van der Waals surface area contributed by atoms with Crippen molar-refractivity contribution in [1.82, 2.24) is 4.98 Å². The molecule has 0 unspecified atom stereocenters. The molecular weight excluding hydrogens is 450 g/mol. The van der Waals surface area contributed by atoms with Crippen LogP contribution in [0.4, 0.5) is 0 Å². The molecule has 1 aliphatic carbocycles. The molecule has 0 radical (unpaired) electrons. The maximum absolute atomic E-state index is 5.94. The molecule has 1 saturated carbocycles. The van der Waals surface area contributed by atoms with Crippen molar-refractivity contribution in [2.24, 2.45) is 11.8 Å². The van der Waals surface area contributed by atoms with Gasteiger partial charge in [0.1, 0.15) is 5.75 Å². The molecule has 2 nitrogen and oxygen atoms in total. The zero-order valence-corrected chi connectivity index (χ0v) is 24.2. The van der Waals surface area contributed by atoms with E-state index in [9.17, 15) is 0 Å². The number of pyridine rings is 1. The van der Waals surface area contributed by atoms with Crippen molar-refractivity contribution in [1.29, 1.82) is 0 Å². The van der Waals surface area contributed by atoms with E-state index in [0.29, 0.717) is 0 Å². The van der Waals surface area contributed by atoms with E-state index in [-0.39, 0.29) is 0 Å². The van der Waals surface area contributed by atoms with Crippen LogP contribution >= 0.6 is 0 Å². The quantitative estimate of drug-likeness (QED) is 0.177. The summed E-state index contributed by atoms with van der Waals surface area (Å²) in [6.45, 7) is 5.39. The lowest BCUT2D eigenvalue weighted by Gasteiger charge is -2.28. The molecule has 2 heteroatoms. The average Bonchev–Trinajstić information content (AvgIpc) is 2.94. The average molecular weight is 506 g/mol. The van der Waals surface area contributed by atoms with Crippen molar-refractivity contribution >= 4 is 0 Å². The third-order valence-corrected chi connectivity index (χ3v) is 8.51. The van der Waals surface area contributed by atoms with Gasteiger partial charge in [-0.1, -0.05) is 123 Å². The first kappa shape index (κ1) is 29.7. The van der Waals surface area contributed by atoms with E-state index in [2.05, 4.69) is 56.4 Å². The number of hydrogen-bond acceptors (Lipinski definition) is 2. The molecule has 1 aromatic heterocycles.